The van der Waals surface area contributed by atoms with Crippen LogP contribution in [0.5, 0.6) is 0 Å². The minimum atomic E-state index is 0.537. The van der Waals surface area contributed by atoms with Gasteiger partial charge in [0.25, 0.3) is 0 Å². The van der Waals surface area contributed by atoms with E-state index in [0.29, 0.717) is 5.25 Å². The second-order valence-corrected chi connectivity index (χ2v) is 5.31. The fraction of sp³-hybridized carbons (Fsp3) is 1.00. The van der Waals surface area contributed by atoms with Crippen molar-refractivity contribution >= 4 is 12.6 Å². The molecule has 0 aliphatic carbocycles. The molecule has 0 aliphatic heterocycles. The molecule has 0 rings (SSSR count). The lowest BCUT2D eigenvalue weighted by atomic mass is 10.1. The maximum absolute atomic E-state index is 5.29. The quantitative estimate of drug-likeness (QED) is 0.388. The van der Waals surface area contributed by atoms with Crippen LogP contribution in [0.4, 0.5) is 0 Å². The Morgan fingerprint density at radius 3 is 1.67 bits per heavy atom. The lowest BCUT2D eigenvalue weighted by molar-refractivity contribution is 0.551. The van der Waals surface area contributed by atoms with Crippen LogP contribution in [0.3, 0.4) is 0 Å². The Hall–Kier alpha value is 0.350. The van der Waals surface area contributed by atoms with E-state index in [0.717, 1.165) is 0 Å². The topological polar surface area (TPSA) is 0 Å². The minimum Gasteiger partial charge on any atom is -0.0905 e. The van der Waals surface area contributed by atoms with Crippen LogP contribution in [0.1, 0.15) is 84.5 Å². The van der Waals surface area contributed by atoms with E-state index in [9.17, 15) is 0 Å². The molecule has 0 fully saturated rings. The summed E-state index contributed by atoms with van der Waals surface area (Å²) in [6, 6.07) is 0. The predicted molar refractivity (Wildman–Crippen MR) is 73.5 cm³/mol. The molecule has 0 heterocycles. The standard InChI is InChI=1S/C14H29S/c1-3-5-6-7-8-9-10-11-12-13-14(15)4-2/h14H,3-13H2,1-2H3. The van der Waals surface area contributed by atoms with Gasteiger partial charge in [0.05, 0.1) is 0 Å². The molecule has 0 saturated carbocycles. The van der Waals surface area contributed by atoms with Crippen molar-refractivity contribution in [1.29, 1.82) is 0 Å². The highest BCUT2D eigenvalue weighted by Crippen LogP contribution is 2.14. The van der Waals surface area contributed by atoms with Crippen LogP contribution in [-0.2, 0) is 0 Å². The Morgan fingerprint density at radius 2 is 1.20 bits per heavy atom. The highest BCUT2D eigenvalue weighted by molar-refractivity contribution is 7.80. The first-order valence-corrected chi connectivity index (χ1v) is 7.44. The van der Waals surface area contributed by atoms with Crippen LogP contribution in [-0.4, -0.2) is 5.25 Å². The van der Waals surface area contributed by atoms with Gasteiger partial charge >= 0.3 is 0 Å². The van der Waals surface area contributed by atoms with Crippen LogP contribution < -0.4 is 0 Å². The fourth-order valence-corrected chi connectivity index (χ4v) is 2.05. The molecule has 0 nitrogen and oxygen atoms in total. The minimum absolute atomic E-state index is 0.537. The van der Waals surface area contributed by atoms with Gasteiger partial charge in [-0.15, -0.1) is 0 Å². The van der Waals surface area contributed by atoms with E-state index in [2.05, 4.69) is 13.8 Å². The monoisotopic (exact) mass is 229 g/mol. The van der Waals surface area contributed by atoms with Crippen molar-refractivity contribution in [3.8, 4) is 0 Å². The average Bonchev–Trinajstić information content (AvgIpc) is 2.26. The van der Waals surface area contributed by atoms with Crippen LogP contribution in [0.25, 0.3) is 0 Å². The second-order valence-electron chi connectivity index (χ2n) is 4.65. The normalized spacial score (nSPS) is 13.0. The van der Waals surface area contributed by atoms with Crippen molar-refractivity contribution < 1.29 is 0 Å². The van der Waals surface area contributed by atoms with Gasteiger partial charge in [0.2, 0.25) is 0 Å². The summed E-state index contributed by atoms with van der Waals surface area (Å²) < 4.78 is 0. The average molecular weight is 229 g/mol. The molecule has 91 valence electrons. The third kappa shape index (κ3) is 12.3. The molecule has 0 aromatic carbocycles. The summed E-state index contributed by atoms with van der Waals surface area (Å²) >= 11 is 5.29. The summed E-state index contributed by atoms with van der Waals surface area (Å²) in [4.78, 5) is 0. The molecule has 0 aliphatic rings. The third-order valence-electron chi connectivity index (χ3n) is 3.08. The number of hydrogen-bond acceptors (Lipinski definition) is 0. The summed E-state index contributed by atoms with van der Waals surface area (Å²) in [6.45, 7) is 4.48. The SMILES string of the molecule is CCCCCCCCCCCC([S])CC. The van der Waals surface area contributed by atoms with E-state index in [1.165, 1.54) is 70.6 Å². The zero-order chi connectivity index (χ0) is 11.4. The first-order chi connectivity index (χ1) is 7.31. The largest absolute Gasteiger partial charge is 0.0905 e. The summed E-state index contributed by atoms with van der Waals surface area (Å²) in [5.41, 5.74) is 0. The van der Waals surface area contributed by atoms with Gasteiger partial charge in [-0.25, -0.2) is 0 Å². The van der Waals surface area contributed by atoms with Crippen LogP contribution >= 0.6 is 12.6 Å². The molecule has 0 saturated heterocycles. The number of rotatable bonds is 11. The highest BCUT2D eigenvalue weighted by atomic mass is 32.1. The van der Waals surface area contributed by atoms with Crippen molar-refractivity contribution in [2.24, 2.45) is 0 Å². The van der Waals surface area contributed by atoms with Gasteiger partial charge in [-0.2, -0.15) is 0 Å². The Morgan fingerprint density at radius 1 is 0.733 bits per heavy atom. The lowest BCUT2D eigenvalue weighted by Crippen LogP contribution is -1.95. The summed E-state index contributed by atoms with van der Waals surface area (Å²) in [5.74, 6) is 0. The molecule has 0 aromatic rings. The second kappa shape index (κ2) is 12.4. The van der Waals surface area contributed by atoms with Crippen LogP contribution in [0.15, 0.2) is 0 Å². The number of unbranched alkanes of at least 4 members (excludes halogenated alkanes) is 8. The van der Waals surface area contributed by atoms with E-state index in [1.54, 1.807) is 0 Å². The van der Waals surface area contributed by atoms with Gasteiger partial charge in [-0.05, 0) is 12.8 Å². The molecular weight excluding hydrogens is 200 g/mol. The fourth-order valence-electron chi connectivity index (χ4n) is 1.89. The predicted octanol–water partition coefficient (Wildman–Crippen LogP) is 5.88. The van der Waals surface area contributed by atoms with Gasteiger partial charge in [-0.3, -0.25) is 0 Å². The molecule has 15 heavy (non-hydrogen) atoms. The molecule has 1 heteroatoms. The highest BCUT2D eigenvalue weighted by Gasteiger charge is 1.99. The molecule has 0 amide bonds. The molecule has 0 N–H and O–H groups in total. The first kappa shape index (κ1) is 15.3. The van der Waals surface area contributed by atoms with Gasteiger partial charge in [0.15, 0.2) is 0 Å². The maximum atomic E-state index is 5.29. The molecule has 0 bridgehead atoms. The van der Waals surface area contributed by atoms with Crippen molar-refractivity contribution in [3.05, 3.63) is 0 Å². The molecular formula is C14H29S. The van der Waals surface area contributed by atoms with Crippen molar-refractivity contribution in [1.82, 2.24) is 0 Å². The van der Waals surface area contributed by atoms with Crippen LogP contribution in [0.2, 0.25) is 0 Å². The van der Waals surface area contributed by atoms with Crippen molar-refractivity contribution in [3.63, 3.8) is 0 Å². The Bertz CT molecular complexity index is 112. The van der Waals surface area contributed by atoms with E-state index < -0.39 is 0 Å². The van der Waals surface area contributed by atoms with E-state index in [4.69, 9.17) is 12.6 Å². The van der Waals surface area contributed by atoms with Crippen molar-refractivity contribution in [2.45, 2.75) is 89.7 Å². The molecule has 0 spiro atoms. The van der Waals surface area contributed by atoms with Gasteiger partial charge < -0.3 is 0 Å². The summed E-state index contributed by atoms with van der Waals surface area (Å²) in [6.07, 6.45) is 15.2. The molecule has 0 aromatic heterocycles. The molecule has 1 unspecified atom stereocenters. The van der Waals surface area contributed by atoms with E-state index in [1.807, 2.05) is 0 Å². The Labute approximate surface area is 103 Å². The zero-order valence-corrected chi connectivity index (χ0v) is 11.6. The zero-order valence-electron chi connectivity index (χ0n) is 10.8. The number of hydrogen-bond donors (Lipinski definition) is 0. The molecule has 1 radical (unpaired) electrons. The summed E-state index contributed by atoms with van der Waals surface area (Å²) in [7, 11) is 0. The smallest absolute Gasteiger partial charge is 0.0149 e. The maximum Gasteiger partial charge on any atom is 0.0149 e. The van der Waals surface area contributed by atoms with Crippen molar-refractivity contribution in [2.75, 3.05) is 0 Å². The van der Waals surface area contributed by atoms with Gasteiger partial charge in [-0.1, -0.05) is 84.3 Å². The van der Waals surface area contributed by atoms with E-state index >= 15 is 0 Å². The van der Waals surface area contributed by atoms with Gasteiger partial charge in [0.1, 0.15) is 0 Å². The summed E-state index contributed by atoms with van der Waals surface area (Å²) in [5, 5.41) is 0.537. The Balaban J connectivity index is 2.92. The lowest BCUT2D eigenvalue weighted by Gasteiger charge is -2.05. The van der Waals surface area contributed by atoms with Crippen LogP contribution in [0, 0.1) is 0 Å². The Kier molecular flexibility index (Phi) is 12.7. The third-order valence-corrected chi connectivity index (χ3v) is 3.65. The first-order valence-electron chi connectivity index (χ1n) is 6.97. The molecule has 1 atom stereocenters. The van der Waals surface area contributed by atoms with E-state index in [-0.39, 0.29) is 0 Å². The van der Waals surface area contributed by atoms with Gasteiger partial charge in [0, 0.05) is 5.25 Å².